The molecule has 0 spiro atoms. The Morgan fingerprint density at radius 2 is 1.49 bits per heavy atom. The van der Waals surface area contributed by atoms with Crippen LogP contribution in [-0.4, -0.2) is 118 Å². The van der Waals surface area contributed by atoms with Gasteiger partial charge in [0.05, 0.1) is 6.61 Å². The molecule has 0 aliphatic carbocycles. The molecule has 1 unspecified atom stereocenters. The Morgan fingerprint density at radius 1 is 0.911 bits per heavy atom. The lowest BCUT2D eigenvalue weighted by Gasteiger charge is -2.32. The van der Waals surface area contributed by atoms with Crippen LogP contribution in [0, 0.1) is 12.8 Å². The Morgan fingerprint density at radius 3 is 2.07 bits per heavy atom. The second-order valence-electron chi connectivity index (χ2n) is 11.4. The maximum Gasteiger partial charge on any atom is 0.274 e. The van der Waals surface area contributed by atoms with E-state index in [2.05, 4.69) is 11.0 Å². The minimum atomic E-state index is -1.70. The minimum Gasteiger partial charge on any atom is -0.396 e. The van der Waals surface area contributed by atoms with Crippen molar-refractivity contribution in [2.45, 2.75) is 84.0 Å². The van der Waals surface area contributed by atoms with Crippen LogP contribution in [0.3, 0.4) is 0 Å². The number of nitrogens with zero attached hydrogens (tertiary/aromatic N) is 2. The van der Waals surface area contributed by atoms with Gasteiger partial charge in [-0.15, -0.1) is 0 Å². The molecule has 1 aliphatic heterocycles. The number of likely N-dealkylation sites (tertiary alicyclic amines) is 1. The molecule has 4 amide bonds. The first kappa shape index (κ1) is 38.0. The van der Waals surface area contributed by atoms with Gasteiger partial charge in [-0.2, -0.15) is 0 Å². The monoisotopic (exact) mass is 638 g/mol. The third kappa shape index (κ3) is 13.0. The number of rotatable bonds is 19. The first-order chi connectivity index (χ1) is 21.5. The topological polar surface area (TPSA) is 198 Å². The van der Waals surface area contributed by atoms with Crippen LogP contribution < -0.4 is 11.0 Å². The fraction of sp³-hybridized carbons (Fsp3) is 0.677. The molecule has 14 heteroatoms. The predicted molar refractivity (Wildman–Crippen MR) is 163 cm³/mol. The fourth-order valence-electron chi connectivity index (χ4n) is 5.10. The van der Waals surface area contributed by atoms with Crippen molar-refractivity contribution in [3.63, 3.8) is 0 Å². The number of carbonyl (C=O) groups excluding carboxylic acids is 4. The standard InChI is InChI=1S/C31H50N4O10/c1-4-11-35(12-5-2)31(43)24-17-21(3)16-23(18-24)30(42)33-45-20-26(38)29(41)25(37)19-44-32-27(39)7-6-22-8-13-34(14-9-22)28(40)10-15-36/h16-18,22,25-26,29,36-38,41H,4-15,19-20H2,1-3H3,(H,32,39)(H,33,42)/t25?,26-,29+/m0/s1. The summed E-state index contributed by atoms with van der Waals surface area (Å²) in [6.45, 7) is 6.89. The maximum atomic E-state index is 13.0. The van der Waals surface area contributed by atoms with Crippen LogP contribution in [0.25, 0.3) is 0 Å². The lowest BCUT2D eigenvalue weighted by Crippen LogP contribution is -2.44. The first-order valence-electron chi connectivity index (χ1n) is 15.7. The van der Waals surface area contributed by atoms with Gasteiger partial charge in [-0.1, -0.05) is 13.8 Å². The zero-order valence-electron chi connectivity index (χ0n) is 26.6. The second kappa shape index (κ2) is 20.1. The van der Waals surface area contributed by atoms with E-state index < -0.39 is 43.3 Å². The van der Waals surface area contributed by atoms with Crippen LogP contribution in [0.5, 0.6) is 0 Å². The molecule has 14 nitrogen and oxygen atoms in total. The molecular formula is C31H50N4O10. The summed E-state index contributed by atoms with van der Waals surface area (Å²) >= 11 is 0. The predicted octanol–water partition coefficient (Wildman–Crippen LogP) is 0.450. The van der Waals surface area contributed by atoms with Gasteiger partial charge in [-0.3, -0.25) is 28.9 Å². The molecule has 6 N–H and O–H groups in total. The molecule has 3 atom stereocenters. The van der Waals surface area contributed by atoms with E-state index >= 15 is 0 Å². The summed E-state index contributed by atoms with van der Waals surface area (Å²) in [5, 5.41) is 39.5. The number of hydrogen-bond donors (Lipinski definition) is 6. The molecule has 0 aromatic heterocycles. The summed E-state index contributed by atoms with van der Waals surface area (Å²) in [5.74, 6) is -1.04. The van der Waals surface area contributed by atoms with Crippen LogP contribution in [0.2, 0.25) is 0 Å². The van der Waals surface area contributed by atoms with Gasteiger partial charge >= 0.3 is 0 Å². The molecular weight excluding hydrogens is 588 g/mol. The number of amides is 4. The number of hydrogen-bond acceptors (Lipinski definition) is 10. The van der Waals surface area contributed by atoms with E-state index in [0.717, 1.165) is 25.7 Å². The zero-order chi connectivity index (χ0) is 33.4. The second-order valence-corrected chi connectivity index (χ2v) is 11.4. The minimum absolute atomic E-state index is 0.0732. The summed E-state index contributed by atoms with van der Waals surface area (Å²) in [7, 11) is 0. The number of piperidine rings is 1. The van der Waals surface area contributed by atoms with Crippen molar-refractivity contribution >= 4 is 23.6 Å². The van der Waals surface area contributed by atoms with Crippen LogP contribution in [0.4, 0.5) is 0 Å². The number of carbonyl (C=O) groups is 4. The van der Waals surface area contributed by atoms with Crippen LogP contribution in [-0.2, 0) is 19.3 Å². The number of aryl methyl sites for hydroxylation is 1. The van der Waals surface area contributed by atoms with Crippen molar-refractivity contribution in [3.8, 4) is 0 Å². The number of hydroxylamine groups is 2. The molecule has 1 heterocycles. The Labute approximate surface area is 264 Å². The summed E-state index contributed by atoms with van der Waals surface area (Å²) in [4.78, 5) is 63.1. The number of aliphatic hydroxyl groups excluding tert-OH is 4. The molecule has 254 valence electrons. The van der Waals surface area contributed by atoms with Crippen molar-refractivity contribution in [1.82, 2.24) is 20.8 Å². The molecule has 1 aromatic rings. The van der Waals surface area contributed by atoms with Gasteiger partial charge < -0.3 is 30.2 Å². The van der Waals surface area contributed by atoms with Crippen LogP contribution in [0.1, 0.15) is 85.1 Å². The average molecular weight is 639 g/mol. The van der Waals surface area contributed by atoms with E-state index in [1.807, 2.05) is 13.8 Å². The molecule has 1 fully saturated rings. The third-order valence-electron chi connectivity index (χ3n) is 7.58. The van der Waals surface area contributed by atoms with Gasteiger partial charge in [0.1, 0.15) is 31.5 Å². The molecule has 0 saturated carbocycles. The Kier molecular flexibility index (Phi) is 17.0. The normalized spacial score (nSPS) is 15.7. The highest BCUT2D eigenvalue weighted by molar-refractivity contribution is 5.99. The molecule has 0 bridgehead atoms. The summed E-state index contributed by atoms with van der Waals surface area (Å²) in [5.41, 5.74) is 5.65. The van der Waals surface area contributed by atoms with Gasteiger partial charge in [0.15, 0.2) is 0 Å². The molecule has 45 heavy (non-hydrogen) atoms. The SMILES string of the molecule is CCCN(CCC)C(=O)c1cc(C)cc(C(=O)NOC[C@H](O)[C@H](O)C(O)CONC(=O)CCC2CCN(C(=O)CCO)CC2)c1. The highest BCUT2D eigenvalue weighted by Crippen LogP contribution is 2.22. The summed E-state index contributed by atoms with van der Waals surface area (Å²) in [6, 6.07) is 4.77. The van der Waals surface area contributed by atoms with Gasteiger partial charge in [0.2, 0.25) is 11.8 Å². The lowest BCUT2D eigenvalue weighted by atomic mass is 9.92. The molecule has 2 rings (SSSR count). The number of benzene rings is 1. The highest BCUT2D eigenvalue weighted by atomic mass is 16.7. The van der Waals surface area contributed by atoms with Crippen molar-refractivity contribution in [2.75, 3.05) is 46.0 Å². The van der Waals surface area contributed by atoms with Crippen LogP contribution in [0.15, 0.2) is 18.2 Å². The largest absolute Gasteiger partial charge is 0.396 e. The summed E-state index contributed by atoms with van der Waals surface area (Å²) < 4.78 is 0. The van der Waals surface area contributed by atoms with E-state index in [-0.39, 0.29) is 42.7 Å². The number of aliphatic hydroxyl groups is 4. The van der Waals surface area contributed by atoms with Crippen LogP contribution >= 0.6 is 0 Å². The fourth-order valence-corrected chi connectivity index (χ4v) is 5.10. The van der Waals surface area contributed by atoms with E-state index in [4.69, 9.17) is 14.8 Å². The molecule has 1 aliphatic rings. The average Bonchev–Trinajstić information content (AvgIpc) is 3.02. The van der Waals surface area contributed by atoms with Crippen molar-refractivity contribution in [1.29, 1.82) is 0 Å². The Bertz CT molecular complexity index is 1090. The van der Waals surface area contributed by atoms with Gasteiger partial charge in [-0.25, -0.2) is 11.0 Å². The van der Waals surface area contributed by atoms with Crippen molar-refractivity contribution in [3.05, 3.63) is 34.9 Å². The Hall–Kier alpha value is -3.14. The maximum absolute atomic E-state index is 13.0. The Balaban J connectivity index is 1.70. The smallest absolute Gasteiger partial charge is 0.274 e. The van der Waals surface area contributed by atoms with Gasteiger partial charge in [-0.05, 0) is 68.7 Å². The number of nitrogens with one attached hydrogen (secondary N) is 2. The quantitative estimate of drug-likeness (QED) is 0.116. The van der Waals surface area contributed by atoms with Gasteiger partial charge in [0, 0.05) is 50.1 Å². The molecule has 0 radical (unpaired) electrons. The van der Waals surface area contributed by atoms with E-state index in [1.165, 1.54) is 6.07 Å². The lowest BCUT2D eigenvalue weighted by molar-refractivity contribution is -0.146. The van der Waals surface area contributed by atoms with E-state index in [9.17, 15) is 34.5 Å². The summed E-state index contributed by atoms with van der Waals surface area (Å²) in [6.07, 6.45) is -0.842. The van der Waals surface area contributed by atoms with Crippen molar-refractivity contribution in [2.24, 2.45) is 5.92 Å². The van der Waals surface area contributed by atoms with Gasteiger partial charge in [0.25, 0.3) is 11.8 Å². The van der Waals surface area contributed by atoms with E-state index in [0.29, 0.717) is 43.7 Å². The third-order valence-corrected chi connectivity index (χ3v) is 7.58. The highest BCUT2D eigenvalue weighted by Gasteiger charge is 2.27. The molecule has 1 aromatic carbocycles. The van der Waals surface area contributed by atoms with E-state index in [1.54, 1.807) is 28.9 Å². The molecule has 1 saturated heterocycles. The zero-order valence-corrected chi connectivity index (χ0v) is 26.6. The van der Waals surface area contributed by atoms with Crippen molar-refractivity contribution < 1.29 is 49.3 Å². The first-order valence-corrected chi connectivity index (χ1v) is 15.7.